The van der Waals surface area contributed by atoms with E-state index in [1.54, 1.807) is 12.4 Å². The zero-order valence-corrected chi connectivity index (χ0v) is 9.71. The monoisotopic (exact) mass is 252 g/mol. The van der Waals surface area contributed by atoms with Gasteiger partial charge in [0.2, 0.25) is 5.91 Å². The summed E-state index contributed by atoms with van der Waals surface area (Å²) in [5, 5.41) is 11.1. The van der Waals surface area contributed by atoms with Gasteiger partial charge in [-0.25, -0.2) is 9.38 Å². The van der Waals surface area contributed by atoms with Crippen LogP contribution in [0, 0.1) is 17.3 Å². The van der Waals surface area contributed by atoms with E-state index in [0.29, 0.717) is 5.17 Å². The van der Waals surface area contributed by atoms with Crippen molar-refractivity contribution in [3.05, 3.63) is 29.6 Å². The Morgan fingerprint density at radius 1 is 1.59 bits per heavy atom. The van der Waals surface area contributed by atoms with E-state index in [9.17, 15) is 9.18 Å². The van der Waals surface area contributed by atoms with Crippen molar-refractivity contribution in [1.29, 1.82) is 5.26 Å². The summed E-state index contributed by atoms with van der Waals surface area (Å²) < 4.78 is 13.2. The van der Waals surface area contributed by atoms with E-state index in [0.717, 1.165) is 12.1 Å². The van der Waals surface area contributed by atoms with Crippen LogP contribution in [0.3, 0.4) is 0 Å². The third-order valence-corrected chi connectivity index (χ3v) is 2.33. The highest BCUT2D eigenvalue weighted by atomic mass is 32.2. The third kappa shape index (κ3) is 3.77. The van der Waals surface area contributed by atoms with Crippen LogP contribution in [-0.4, -0.2) is 17.3 Å². The number of nitrogens with zero attached hydrogens (tertiary/aromatic N) is 2. The number of thioether (sulfide) groups is 1. The quantitative estimate of drug-likeness (QED) is 0.359. The minimum absolute atomic E-state index is 0.0289. The average Bonchev–Trinajstić information content (AvgIpc) is 2.27. The smallest absolute Gasteiger partial charge is 0.248 e. The molecule has 17 heavy (non-hydrogen) atoms. The Labute approximate surface area is 102 Å². The van der Waals surface area contributed by atoms with Crippen LogP contribution in [0.25, 0.3) is 0 Å². The van der Waals surface area contributed by atoms with Gasteiger partial charge in [0.25, 0.3) is 0 Å². The normalized spacial score (nSPS) is 10.8. The number of nitrogens with two attached hydrogens (primary N) is 1. The highest BCUT2D eigenvalue weighted by Crippen LogP contribution is 2.18. The molecule has 5 nitrogen and oxygen atoms in total. The largest absolute Gasteiger partial charge is 0.366 e. The number of halogens is 1. The summed E-state index contributed by atoms with van der Waals surface area (Å²) in [5.41, 5.74) is 5.29. The van der Waals surface area contributed by atoms with Gasteiger partial charge in [-0.05, 0) is 24.5 Å². The molecule has 0 spiro atoms. The van der Waals surface area contributed by atoms with E-state index in [4.69, 9.17) is 11.0 Å². The van der Waals surface area contributed by atoms with Crippen LogP contribution in [0.15, 0.2) is 23.2 Å². The fourth-order valence-corrected chi connectivity index (χ4v) is 1.42. The zero-order chi connectivity index (χ0) is 12.8. The van der Waals surface area contributed by atoms with Crippen LogP contribution in [0.4, 0.5) is 10.1 Å². The number of amides is 1. The second kappa shape index (κ2) is 5.86. The predicted octanol–water partition coefficient (Wildman–Crippen LogP) is 1.35. The molecule has 0 unspecified atom stereocenters. The third-order valence-electron chi connectivity index (χ3n) is 1.75. The summed E-state index contributed by atoms with van der Waals surface area (Å²) in [7, 11) is 0. The minimum Gasteiger partial charge on any atom is -0.366 e. The number of benzene rings is 1. The number of carbonyl (C=O) groups is 1. The summed E-state index contributed by atoms with van der Waals surface area (Å²) in [6.07, 6.45) is 3.41. The van der Waals surface area contributed by atoms with Crippen LogP contribution in [0.2, 0.25) is 0 Å². The van der Waals surface area contributed by atoms with Crippen molar-refractivity contribution in [3.63, 3.8) is 0 Å². The fraction of sp³-hybridized carbons (Fsp3) is 0.100. The van der Waals surface area contributed by atoms with Crippen LogP contribution < -0.4 is 11.1 Å². The molecule has 0 bridgehead atoms. The number of amidine groups is 1. The predicted molar refractivity (Wildman–Crippen MR) is 64.3 cm³/mol. The van der Waals surface area contributed by atoms with Gasteiger partial charge in [-0.1, -0.05) is 11.8 Å². The molecule has 0 saturated carbocycles. The van der Waals surface area contributed by atoms with Crippen LogP contribution in [0.1, 0.15) is 10.4 Å². The molecule has 0 heterocycles. The lowest BCUT2D eigenvalue weighted by molar-refractivity contribution is 0.1000. The SMILES string of the molecule is CSC(=Nc1cc(F)cc(C(N)=O)c1)NC#N. The molecule has 1 aromatic carbocycles. The zero-order valence-electron chi connectivity index (χ0n) is 8.90. The lowest BCUT2D eigenvalue weighted by atomic mass is 10.2. The Bertz CT molecular complexity index is 510. The Hall–Kier alpha value is -2.07. The lowest BCUT2D eigenvalue weighted by Crippen LogP contribution is -2.13. The standard InChI is InChI=1S/C10H9FN4OS/c1-17-10(14-5-12)15-8-3-6(9(13)16)2-7(11)4-8/h2-4H,1H3,(H2,13,16)(H,14,15). The highest BCUT2D eigenvalue weighted by Gasteiger charge is 2.05. The molecule has 7 heteroatoms. The van der Waals surface area contributed by atoms with Crippen molar-refractivity contribution in [1.82, 2.24) is 5.32 Å². The number of carbonyl (C=O) groups excluding carboxylic acids is 1. The Morgan fingerprint density at radius 2 is 2.29 bits per heavy atom. The molecule has 0 aliphatic rings. The first kappa shape index (κ1) is 13.0. The van der Waals surface area contributed by atoms with Gasteiger partial charge in [0.05, 0.1) is 5.69 Å². The second-order valence-electron chi connectivity index (χ2n) is 2.92. The van der Waals surface area contributed by atoms with E-state index in [1.165, 1.54) is 17.8 Å². The number of hydrogen-bond donors (Lipinski definition) is 2. The molecule has 3 N–H and O–H groups in total. The van der Waals surface area contributed by atoms with E-state index < -0.39 is 11.7 Å². The van der Waals surface area contributed by atoms with E-state index in [2.05, 4.69) is 10.3 Å². The molecule has 0 atom stereocenters. The number of nitrogens with one attached hydrogen (secondary N) is 1. The topological polar surface area (TPSA) is 91.3 Å². The average molecular weight is 252 g/mol. The molecule has 0 aliphatic carbocycles. The summed E-state index contributed by atoms with van der Waals surface area (Å²) >= 11 is 1.19. The molecule has 0 aromatic heterocycles. The van der Waals surface area contributed by atoms with Crippen LogP contribution >= 0.6 is 11.8 Å². The molecule has 1 amide bonds. The van der Waals surface area contributed by atoms with E-state index in [1.807, 2.05) is 0 Å². The van der Waals surface area contributed by atoms with Gasteiger partial charge in [0.15, 0.2) is 11.4 Å². The molecule has 0 fully saturated rings. The number of nitriles is 1. The summed E-state index contributed by atoms with van der Waals surface area (Å²) in [6.45, 7) is 0. The maximum atomic E-state index is 13.2. The van der Waals surface area contributed by atoms with Gasteiger partial charge >= 0.3 is 0 Å². The maximum absolute atomic E-state index is 13.2. The van der Waals surface area contributed by atoms with Crippen molar-refractivity contribution in [2.75, 3.05) is 6.26 Å². The first-order chi connectivity index (χ1) is 8.06. The molecule has 1 aromatic rings. The summed E-state index contributed by atoms with van der Waals surface area (Å²) in [4.78, 5) is 14.9. The van der Waals surface area contributed by atoms with Crippen LogP contribution in [0.5, 0.6) is 0 Å². The molecular formula is C10H9FN4OS. The van der Waals surface area contributed by atoms with Crippen molar-refractivity contribution >= 4 is 28.5 Å². The van der Waals surface area contributed by atoms with E-state index in [-0.39, 0.29) is 11.3 Å². The summed E-state index contributed by atoms with van der Waals surface area (Å²) in [6, 6.07) is 3.51. The van der Waals surface area contributed by atoms with Gasteiger partial charge in [-0.2, -0.15) is 5.26 Å². The fourth-order valence-electron chi connectivity index (χ4n) is 1.07. The van der Waals surface area contributed by atoms with Crippen molar-refractivity contribution in [2.24, 2.45) is 10.7 Å². The molecular weight excluding hydrogens is 243 g/mol. The lowest BCUT2D eigenvalue weighted by Gasteiger charge is -2.02. The number of aliphatic imine (C=N–C) groups is 1. The second-order valence-corrected chi connectivity index (χ2v) is 3.72. The van der Waals surface area contributed by atoms with Gasteiger partial charge in [-0.15, -0.1) is 0 Å². The summed E-state index contributed by atoms with van der Waals surface area (Å²) in [5.74, 6) is -1.35. The molecule has 88 valence electrons. The number of rotatable bonds is 2. The maximum Gasteiger partial charge on any atom is 0.248 e. The number of primary amides is 1. The minimum atomic E-state index is -0.736. The molecule has 0 radical (unpaired) electrons. The number of hydrogen-bond acceptors (Lipinski definition) is 4. The van der Waals surface area contributed by atoms with Crippen molar-refractivity contribution < 1.29 is 9.18 Å². The van der Waals surface area contributed by atoms with Crippen molar-refractivity contribution in [2.45, 2.75) is 0 Å². The first-order valence-corrected chi connectivity index (χ1v) is 5.67. The molecule has 0 aliphatic heterocycles. The Kier molecular flexibility index (Phi) is 4.48. The first-order valence-electron chi connectivity index (χ1n) is 4.45. The van der Waals surface area contributed by atoms with Crippen LogP contribution in [-0.2, 0) is 0 Å². The van der Waals surface area contributed by atoms with Gasteiger partial charge < -0.3 is 5.73 Å². The van der Waals surface area contributed by atoms with Gasteiger partial charge in [0.1, 0.15) is 5.82 Å². The molecule has 1 rings (SSSR count). The Morgan fingerprint density at radius 3 is 2.82 bits per heavy atom. The van der Waals surface area contributed by atoms with Crippen molar-refractivity contribution in [3.8, 4) is 6.19 Å². The Balaban J connectivity index is 3.14. The van der Waals surface area contributed by atoms with Gasteiger partial charge in [-0.3, -0.25) is 10.1 Å². The van der Waals surface area contributed by atoms with E-state index >= 15 is 0 Å². The highest BCUT2D eigenvalue weighted by molar-refractivity contribution is 8.13. The van der Waals surface area contributed by atoms with Gasteiger partial charge in [0, 0.05) is 5.56 Å². The molecule has 0 saturated heterocycles.